The average molecular weight is 374 g/mol. The van der Waals surface area contributed by atoms with Gasteiger partial charge in [0.2, 0.25) is 6.10 Å². The Bertz CT molecular complexity index is 785. The predicted molar refractivity (Wildman–Crippen MR) is 78.6 cm³/mol. The van der Waals surface area contributed by atoms with Crippen LogP contribution < -0.4 is 0 Å². The van der Waals surface area contributed by atoms with Crippen LogP contribution in [0, 0.1) is 0 Å². The van der Waals surface area contributed by atoms with Gasteiger partial charge >= 0.3 is 24.0 Å². The van der Waals surface area contributed by atoms with E-state index in [0.29, 0.717) is 12.1 Å². The SMILES string of the molecule is O=C(OC(c1ccccc1)C(F)(F)C(=O)O)c1ccc(C(F)(F)F)cc1. The molecule has 26 heavy (non-hydrogen) atoms. The lowest BCUT2D eigenvalue weighted by Gasteiger charge is -2.24. The van der Waals surface area contributed by atoms with Crippen LogP contribution in [0.25, 0.3) is 0 Å². The fourth-order valence-corrected chi connectivity index (χ4v) is 2.06. The van der Waals surface area contributed by atoms with E-state index in [4.69, 9.17) is 5.11 Å². The van der Waals surface area contributed by atoms with Crippen LogP contribution in [0.5, 0.6) is 0 Å². The van der Waals surface area contributed by atoms with E-state index in [1.54, 1.807) is 0 Å². The minimum Gasteiger partial charge on any atom is -0.477 e. The second kappa shape index (κ2) is 7.11. The molecule has 0 aromatic heterocycles. The first-order valence-corrected chi connectivity index (χ1v) is 7.08. The standard InChI is InChI=1S/C17H11F5O4/c18-16(19,15(24)25)13(10-4-2-1-3-5-10)26-14(23)11-6-8-12(9-7-11)17(20,21)22/h1-9,13H,(H,24,25). The van der Waals surface area contributed by atoms with Crippen molar-refractivity contribution in [1.29, 1.82) is 0 Å². The number of carboxylic acids is 1. The lowest BCUT2D eigenvalue weighted by molar-refractivity contribution is -0.183. The third kappa shape index (κ3) is 4.16. The van der Waals surface area contributed by atoms with Crippen molar-refractivity contribution in [1.82, 2.24) is 0 Å². The highest BCUT2D eigenvalue weighted by molar-refractivity contribution is 5.90. The normalized spacial score (nSPS) is 13.1. The summed E-state index contributed by atoms with van der Waals surface area (Å²) in [6.45, 7) is 0. The van der Waals surface area contributed by atoms with Crippen LogP contribution in [-0.2, 0) is 15.7 Å². The zero-order valence-electron chi connectivity index (χ0n) is 12.8. The van der Waals surface area contributed by atoms with Crippen molar-refractivity contribution in [3.63, 3.8) is 0 Å². The zero-order chi connectivity index (χ0) is 19.5. The molecule has 0 aliphatic heterocycles. The Morgan fingerprint density at radius 2 is 1.42 bits per heavy atom. The second-order valence-electron chi connectivity index (χ2n) is 5.20. The lowest BCUT2D eigenvalue weighted by Crippen LogP contribution is -2.38. The lowest BCUT2D eigenvalue weighted by atomic mass is 10.0. The van der Waals surface area contributed by atoms with E-state index in [0.717, 1.165) is 24.3 Å². The first-order valence-electron chi connectivity index (χ1n) is 7.08. The molecule has 138 valence electrons. The molecule has 0 amide bonds. The van der Waals surface area contributed by atoms with Crippen LogP contribution in [-0.4, -0.2) is 23.0 Å². The molecule has 2 rings (SSSR count). The Hall–Kier alpha value is -2.97. The van der Waals surface area contributed by atoms with Gasteiger partial charge in [0, 0.05) is 0 Å². The number of ether oxygens (including phenoxy) is 1. The number of carbonyl (C=O) groups excluding carboxylic acids is 1. The van der Waals surface area contributed by atoms with E-state index in [9.17, 15) is 31.5 Å². The van der Waals surface area contributed by atoms with Gasteiger partial charge in [-0.3, -0.25) is 0 Å². The van der Waals surface area contributed by atoms with Crippen LogP contribution >= 0.6 is 0 Å². The topological polar surface area (TPSA) is 63.6 Å². The highest BCUT2D eigenvalue weighted by atomic mass is 19.4. The van der Waals surface area contributed by atoms with Gasteiger partial charge in [-0.25, -0.2) is 9.59 Å². The minimum atomic E-state index is -4.63. The number of rotatable bonds is 5. The van der Waals surface area contributed by atoms with Crippen molar-refractivity contribution in [3.05, 3.63) is 71.3 Å². The molecule has 0 bridgehead atoms. The molecule has 0 aliphatic carbocycles. The van der Waals surface area contributed by atoms with E-state index >= 15 is 0 Å². The summed E-state index contributed by atoms with van der Waals surface area (Å²) in [6, 6.07) is 9.13. The van der Waals surface area contributed by atoms with Gasteiger partial charge in [0.05, 0.1) is 11.1 Å². The van der Waals surface area contributed by atoms with Crippen molar-refractivity contribution in [3.8, 4) is 0 Å². The Kier molecular flexibility index (Phi) is 5.29. The van der Waals surface area contributed by atoms with E-state index in [1.165, 1.54) is 18.2 Å². The molecule has 0 saturated heterocycles. The van der Waals surface area contributed by atoms with Crippen molar-refractivity contribution in [2.45, 2.75) is 18.2 Å². The van der Waals surface area contributed by atoms with E-state index in [1.807, 2.05) is 0 Å². The summed E-state index contributed by atoms with van der Waals surface area (Å²) in [6.07, 6.45) is -7.08. The Balaban J connectivity index is 2.31. The van der Waals surface area contributed by atoms with Crippen LogP contribution in [0.15, 0.2) is 54.6 Å². The number of halogens is 5. The number of benzene rings is 2. The van der Waals surface area contributed by atoms with Crippen LogP contribution in [0.4, 0.5) is 22.0 Å². The van der Waals surface area contributed by atoms with Gasteiger partial charge in [-0.2, -0.15) is 22.0 Å². The van der Waals surface area contributed by atoms with Crippen LogP contribution in [0.3, 0.4) is 0 Å². The quantitative estimate of drug-likeness (QED) is 0.625. The largest absolute Gasteiger partial charge is 0.477 e. The fraction of sp³-hybridized carbons (Fsp3) is 0.176. The van der Waals surface area contributed by atoms with Gasteiger partial charge in [-0.1, -0.05) is 30.3 Å². The molecule has 1 atom stereocenters. The molecule has 0 spiro atoms. The van der Waals surface area contributed by atoms with Crippen molar-refractivity contribution in [2.75, 3.05) is 0 Å². The van der Waals surface area contributed by atoms with E-state index < -0.39 is 41.3 Å². The summed E-state index contributed by atoms with van der Waals surface area (Å²) in [4.78, 5) is 22.9. The summed E-state index contributed by atoms with van der Waals surface area (Å²) in [5, 5.41) is 8.72. The number of hydrogen-bond donors (Lipinski definition) is 1. The molecule has 0 heterocycles. The second-order valence-corrected chi connectivity index (χ2v) is 5.20. The maximum Gasteiger partial charge on any atom is 0.416 e. The molecule has 4 nitrogen and oxygen atoms in total. The fourth-order valence-electron chi connectivity index (χ4n) is 2.06. The van der Waals surface area contributed by atoms with Gasteiger partial charge in [-0.05, 0) is 29.8 Å². The molecule has 0 saturated carbocycles. The van der Waals surface area contributed by atoms with Gasteiger partial charge < -0.3 is 9.84 Å². The van der Waals surface area contributed by atoms with E-state index in [-0.39, 0.29) is 5.56 Å². The number of aliphatic carboxylic acids is 1. The van der Waals surface area contributed by atoms with Gasteiger partial charge in [0.25, 0.3) is 0 Å². The zero-order valence-corrected chi connectivity index (χ0v) is 12.8. The molecule has 1 unspecified atom stereocenters. The van der Waals surface area contributed by atoms with Crippen molar-refractivity contribution in [2.24, 2.45) is 0 Å². The number of carboxylic acid groups (broad SMARTS) is 1. The predicted octanol–water partition coefficient (Wildman–Crippen LogP) is 4.32. The average Bonchev–Trinajstić information content (AvgIpc) is 2.59. The number of hydrogen-bond acceptors (Lipinski definition) is 3. The molecular weight excluding hydrogens is 363 g/mol. The van der Waals surface area contributed by atoms with E-state index in [2.05, 4.69) is 4.74 Å². The Morgan fingerprint density at radius 1 is 0.885 bits per heavy atom. The molecule has 9 heteroatoms. The van der Waals surface area contributed by atoms with Crippen LogP contribution in [0.2, 0.25) is 0 Å². The summed E-state index contributed by atoms with van der Waals surface area (Å²) >= 11 is 0. The summed E-state index contributed by atoms with van der Waals surface area (Å²) in [5.41, 5.74) is -1.75. The third-order valence-corrected chi connectivity index (χ3v) is 3.39. The smallest absolute Gasteiger partial charge is 0.416 e. The summed E-state index contributed by atoms with van der Waals surface area (Å²) < 4.78 is 70.1. The number of carbonyl (C=O) groups is 2. The Morgan fingerprint density at radius 3 is 1.88 bits per heavy atom. The van der Waals surface area contributed by atoms with Gasteiger partial charge in [0.1, 0.15) is 0 Å². The van der Waals surface area contributed by atoms with Crippen molar-refractivity contribution >= 4 is 11.9 Å². The molecule has 0 aliphatic rings. The minimum absolute atomic E-state index is 0.278. The summed E-state index contributed by atoms with van der Waals surface area (Å²) in [5.74, 6) is -8.33. The monoisotopic (exact) mass is 374 g/mol. The number of esters is 1. The Labute approximate surface area is 143 Å². The van der Waals surface area contributed by atoms with Crippen molar-refractivity contribution < 1.29 is 41.4 Å². The third-order valence-electron chi connectivity index (χ3n) is 3.39. The maximum absolute atomic E-state index is 14.0. The highest BCUT2D eigenvalue weighted by Gasteiger charge is 2.51. The highest BCUT2D eigenvalue weighted by Crippen LogP contribution is 2.36. The van der Waals surface area contributed by atoms with Gasteiger partial charge in [0.15, 0.2) is 0 Å². The molecule has 0 fully saturated rings. The summed E-state index contributed by atoms with van der Waals surface area (Å²) in [7, 11) is 0. The first-order chi connectivity index (χ1) is 12.0. The molecule has 2 aromatic carbocycles. The maximum atomic E-state index is 14.0. The molecule has 1 N–H and O–H groups in total. The van der Waals surface area contributed by atoms with Gasteiger partial charge in [-0.15, -0.1) is 0 Å². The molecular formula is C17H11F5O4. The number of alkyl halides is 5. The molecule has 0 radical (unpaired) electrons. The van der Waals surface area contributed by atoms with Crippen LogP contribution in [0.1, 0.15) is 27.6 Å². The molecule has 2 aromatic rings. The first kappa shape index (κ1) is 19.4.